The molecule has 0 radical (unpaired) electrons. The third-order valence-electron chi connectivity index (χ3n) is 3.70. The Kier molecular flexibility index (Phi) is 6.79. The van der Waals surface area contributed by atoms with Crippen molar-refractivity contribution in [3.8, 4) is 0 Å². The Balaban J connectivity index is 1.74. The van der Waals surface area contributed by atoms with E-state index in [0.717, 1.165) is 0 Å². The van der Waals surface area contributed by atoms with Gasteiger partial charge in [0.1, 0.15) is 0 Å². The van der Waals surface area contributed by atoms with Crippen LogP contribution in [0.1, 0.15) is 20.7 Å². The summed E-state index contributed by atoms with van der Waals surface area (Å²) in [4.78, 5) is 29.0. The molecule has 1 heterocycles. The molecule has 0 saturated heterocycles. The second kappa shape index (κ2) is 9.49. The summed E-state index contributed by atoms with van der Waals surface area (Å²) < 4.78 is 25.0. The van der Waals surface area contributed by atoms with Gasteiger partial charge in [-0.15, -0.1) is 0 Å². The molecule has 0 unspecified atom stereocenters. The number of amides is 2. The zero-order valence-corrected chi connectivity index (χ0v) is 16.3. The molecule has 3 rings (SSSR count). The summed E-state index contributed by atoms with van der Waals surface area (Å²) in [6.45, 7) is 0. The maximum absolute atomic E-state index is 12.5. The van der Waals surface area contributed by atoms with Gasteiger partial charge in [-0.1, -0.05) is 47.6 Å². The number of rotatable bonds is 6. The van der Waals surface area contributed by atoms with Crippen molar-refractivity contribution >= 4 is 46.6 Å². The summed E-state index contributed by atoms with van der Waals surface area (Å²) in [6.07, 6.45) is 1.33. The van der Waals surface area contributed by atoms with E-state index in [9.17, 15) is 18.4 Å². The number of nitrogens with one attached hydrogen (secondary N) is 2. The van der Waals surface area contributed by atoms with E-state index < -0.39 is 11.7 Å². The fraction of sp³-hybridized carbons (Fsp3) is 0.0500. The molecule has 9 heteroatoms. The first-order valence-electron chi connectivity index (χ1n) is 8.30. The SMILES string of the molecule is O=C(Nc1cnc(Cl)c(NC(=O)c2ccccc2)c1)c1cccc(SC(F)F)c1. The van der Waals surface area contributed by atoms with Crippen LogP contribution in [0.4, 0.5) is 20.2 Å². The lowest BCUT2D eigenvalue weighted by molar-refractivity contribution is 0.101. The van der Waals surface area contributed by atoms with Crippen LogP contribution in [0.25, 0.3) is 0 Å². The lowest BCUT2D eigenvalue weighted by atomic mass is 10.2. The van der Waals surface area contributed by atoms with Gasteiger partial charge >= 0.3 is 0 Å². The maximum Gasteiger partial charge on any atom is 0.288 e. The fourth-order valence-corrected chi connectivity index (χ4v) is 3.11. The molecule has 0 saturated carbocycles. The van der Waals surface area contributed by atoms with Crippen LogP contribution in [-0.4, -0.2) is 22.6 Å². The monoisotopic (exact) mass is 433 g/mol. The van der Waals surface area contributed by atoms with E-state index in [2.05, 4.69) is 15.6 Å². The Labute approximate surface area is 174 Å². The number of hydrogen-bond acceptors (Lipinski definition) is 4. The Morgan fingerprint density at radius 3 is 2.34 bits per heavy atom. The minimum atomic E-state index is -2.58. The molecule has 2 N–H and O–H groups in total. The second-order valence-corrected chi connectivity index (χ2v) is 7.16. The van der Waals surface area contributed by atoms with Crippen molar-refractivity contribution < 1.29 is 18.4 Å². The summed E-state index contributed by atoms with van der Waals surface area (Å²) in [5.74, 6) is -3.47. The van der Waals surface area contributed by atoms with Crippen LogP contribution in [0.2, 0.25) is 5.15 Å². The standard InChI is InChI=1S/C20H14ClF2N3O2S/c21-17-16(26-18(27)12-5-2-1-3-6-12)10-14(11-24-17)25-19(28)13-7-4-8-15(9-13)29-20(22)23/h1-11,20H,(H,25,28)(H,26,27). The number of hydrogen-bond donors (Lipinski definition) is 2. The van der Waals surface area contributed by atoms with Crippen molar-refractivity contribution in [1.29, 1.82) is 0 Å². The van der Waals surface area contributed by atoms with Crippen molar-refractivity contribution in [2.45, 2.75) is 10.7 Å². The number of pyridine rings is 1. The highest BCUT2D eigenvalue weighted by atomic mass is 35.5. The van der Waals surface area contributed by atoms with Crippen LogP contribution in [0.5, 0.6) is 0 Å². The molecule has 148 valence electrons. The van der Waals surface area contributed by atoms with Gasteiger partial charge in [0.05, 0.1) is 17.6 Å². The Morgan fingerprint density at radius 1 is 0.931 bits per heavy atom. The van der Waals surface area contributed by atoms with Gasteiger partial charge in [0, 0.05) is 16.0 Å². The molecule has 3 aromatic rings. The van der Waals surface area contributed by atoms with Crippen LogP contribution in [0.15, 0.2) is 71.8 Å². The molecule has 0 aliphatic heterocycles. The molecule has 0 aliphatic rings. The van der Waals surface area contributed by atoms with E-state index in [1.807, 2.05) is 0 Å². The average molecular weight is 434 g/mol. The van der Waals surface area contributed by atoms with E-state index >= 15 is 0 Å². The number of carbonyl (C=O) groups excluding carboxylic acids is 2. The molecule has 2 aromatic carbocycles. The predicted octanol–water partition coefficient (Wildman–Crippen LogP) is 5.55. The van der Waals surface area contributed by atoms with Gasteiger partial charge in [-0.05, 0) is 36.4 Å². The molecule has 0 fully saturated rings. The van der Waals surface area contributed by atoms with Crippen LogP contribution in [0.3, 0.4) is 0 Å². The number of halogens is 3. The van der Waals surface area contributed by atoms with Gasteiger partial charge in [0.2, 0.25) is 0 Å². The van der Waals surface area contributed by atoms with E-state index in [4.69, 9.17) is 11.6 Å². The van der Waals surface area contributed by atoms with Crippen molar-refractivity contribution in [2.75, 3.05) is 10.6 Å². The molecule has 0 bridgehead atoms. The fourth-order valence-electron chi connectivity index (χ4n) is 2.40. The third kappa shape index (κ3) is 5.75. The smallest absolute Gasteiger partial charge is 0.288 e. The van der Waals surface area contributed by atoms with Crippen molar-refractivity contribution in [3.63, 3.8) is 0 Å². The van der Waals surface area contributed by atoms with E-state index in [-0.39, 0.29) is 32.9 Å². The highest BCUT2D eigenvalue weighted by molar-refractivity contribution is 7.99. The highest BCUT2D eigenvalue weighted by Gasteiger charge is 2.13. The predicted molar refractivity (Wildman–Crippen MR) is 110 cm³/mol. The van der Waals surface area contributed by atoms with Gasteiger partial charge < -0.3 is 10.6 Å². The minimum Gasteiger partial charge on any atom is -0.321 e. The molecular weight excluding hydrogens is 420 g/mol. The molecular formula is C20H14ClF2N3O2S. The first-order chi connectivity index (χ1) is 13.9. The molecule has 5 nitrogen and oxygen atoms in total. The number of carbonyl (C=O) groups is 2. The number of benzene rings is 2. The summed E-state index contributed by atoms with van der Waals surface area (Å²) in [6, 6.07) is 15.9. The quantitative estimate of drug-likeness (QED) is 0.394. The number of anilines is 2. The van der Waals surface area contributed by atoms with Gasteiger partial charge in [-0.3, -0.25) is 9.59 Å². The molecule has 0 aliphatic carbocycles. The maximum atomic E-state index is 12.5. The van der Waals surface area contributed by atoms with Gasteiger partial charge in [0.25, 0.3) is 17.6 Å². The Bertz CT molecular complexity index is 1040. The van der Waals surface area contributed by atoms with E-state index in [1.165, 1.54) is 36.5 Å². The van der Waals surface area contributed by atoms with Crippen molar-refractivity contribution in [2.24, 2.45) is 0 Å². The van der Waals surface area contributed by atoms with Crippen molar-refractivity contribution in [3.05, 3.63) is 83.1 Å². The largest absolute Gasteiger partial charge is 0.321 e. The normalized spacial score (nSPS) is 10.6. The Hall–Kier alpha value is -2.97. The van der Waals surface area contributed by atoms with Crippen LogP contribution >= 0.6 is 23.4 Å². The first-order valence-corrected chi connectivity index (χ1v) is 9.56. The van der Waals surface area contributed by atoms with E-state index in [1.54, 1.807) is 30.3 Å². The van der Waals surface area contributed by atoms with Crippen LogP contribution in [-0.2, 0) is 0 Å². The molecule has 0 atom stereocenters. The number of aromatic nitrogens is 1. The summed E-state index contributed by atoms with van der Waals surface area (Å²) in [7, 11) is 0. The number of nitrogens with zero attached hydrogens (tertiary/aromatic N) is 1. The third-order valence-corrected chi connectivity index (χ3v) is 4.71. The molecule has 0 spiro atoms. The number of alkyl halides is 2. The van der Waals surface area contributed by atoms with E-state index in [0.29, 0.717) is 17.3 Å². The lowest BCUT2D eigenvalue weighted by Gasteiger charge is -2.10. The topological polar surface area (TPSA) is 71.1 Å². The Morgan fingerprint density at radius 2 is 1.62 bits per heavy atom. The van der Waals surface area contributed by atoms with Gasteiger partial charge in [-0.2, -0.15) is 8.78 Å². The lowest BCUT2D eigenvalue weighted by Crippen LogP contribution is -2.15. The van der Waals surface area contributed by atoms with Crippen LogP contribution in [0, 0.1) is 0 Å². The minimum absolute atomic E-state index is 0.0580. The summed E-state index contributed by atoms with van der Waals surface area (Å²) in [5, 5.41) is 5.31. The molecule has 29 heavy (non-hydrogen) atoms. The zero-order chi connectivity index (χ0) is 20.8. The average Bonchev–Trinajstić information content (AvgIpc) is 2.71. The zero-order valence-electron chi connectivity index (χ0n) is 14.7. The molecule has 2 amide bonds. The van der Waals surface area contributed by atoms with Crippen LogP contribution < -0.4 is 10.6 Å². The summed E-state index contributed by atoms with van der Waals surface area (Å²) >= 11 is 6.39. The second-order valence-electron chi connectivity index (χ2n) is 5.74. The van der Waals surface area contributed by atoms with Gasteiger partial charge in [-0.25, -0.2) is 4.98 Å². The molecule has 1 aromatic heterocycles. The summed E-state index contributed by atoms with van der Waals surface area (Å²) in [5.41, 5.74) is 1.15. The number of thioether (sulfide) groups is 1. The van der Waals surface area contributed by atoms with Gasteiger partial charge in [0.15, 0.2) is 5.15 Å². The first kappa shape index (κ1) is 20.8. The van der Waals surface area contributed by atoms with Crippen molar-refractivity contribution in [1.82, 2.24) is 4.98 Å². The highest BCUT2D eigenvalue weighted by Crippen LogP contribution is 2.27.